The van der Waals surface area contributed by atoms with E-state index in [2.05, 4.69) is 4.98 Å². The van der Waals surface area contributed by atoms with Gasteiger partial charge in [0.25, 0.3) is 0 Å². The van der Waals surface area contributed by atoms with Crippen molar-refractivity contribution in [2.45, 2.75) is 18.9 Å². The van der Waals surface area contributed by atoms with Crippen molar-refractivity contribution in [2.24, 2.45) is 0 Å². The molecule has 6 nitrogen and oxygen atoms in total. The van der Waals surface area contributed by atoms with Gasteiger partial charge < -0.3 is 9.72 Å². The summed E-state index contributed by atoms with van der Waals surface area (Å²) in [5.74, 6) is -1.57. The van der Waals surface area contributed by atoms with Gasteiger partial charge in [-0.05, 0) is 24.1 Å². The van der Waals surface area contributed by atoms with Crippen molar-refractivity contribution in [1.82, 2.24) is 4.98 Å². The van der Waals surface area contributed by atoms with Crippen LogP contribution in [0.3, 0.4) is 0 Å². The summed E-state index contributed by atoms with van der Waals surface area (Å²) in [6.45, 7) is 1.73. The molecule has 0 aliphatic heterocycles. The summed E-state index contributed by atoms with van der Waals surface area (Å²) in [4.78, 5) is 26.7. The second kappa shape index (κ2) is 7.17. The minimum atomic E-state index is -1.51. The van der Waals surface area contributed by atoms with Crippen LogP contribution in [0.2, 0.25) is 0 Å². The number of nitrogens with zero attached hydrogens (tertiary/aromatic N) is 1. The Morgan fingerprint density at radius 2 is 1.84 bits per heavy atom. The van der Waals surface area contributed by atoms with Crippen LogP contribution >= 0.6 is 0 Å². The molecule has 1 N–H and O–H groups in total. The van der Waals surface area contributed by atoms with Gasteiger partial charge in [-0.2, -0.15) is 0 Å². The summed E-state index contributed by atoms with van der Waals surface area (Å²) < 4.78 is 4.99. The molecule has 3 rings (SSSR count). The Bertz CT molecular complexity index is 889. The van der Waals surface area contributed by atoms with Crippen molar-refractivity contribution in [3.05, 3.63) is 82.0 Å². The number of ether oxygens (including phenoxy) is 1. The third-order valence-corrected chi connectivity index (χ3v) is 4.19. The molecule has 0 saturated carbocycles. The topological polar surface area (TPSA) is 85.2 Å². The zero-order valence-electron chi connectivity index (χ0n) is 13.7. The minimum Gasteiger partial charge on any atom is -0.461 e. The lowest BCUT2D eigenvalue weighted by atomic mass is 9.85. The SMILES string of the molecule is CCOC(=O)C([C@@H](c1ccccc1)c1c[nH]c2ccccc12)[N+](=O)[O-]. The normalized spacial score (nSPS) is 13.3. The first-order valence-corrected chi connectivity index (χ1v) is 8.04. The molecule has 0 bridgehead atoms. The quantitative estimate of drug-likeness (QED) is 0.423. The Labute approximate surface area is 144 Å². The Balaban J connectivity index is 2.19. The number of esters is 1. The summed E-state index contributed by atoms with van der Waals surface area (Å²) in [6, 6.07) is 15.1. The number of rotatable bonds is 6. The van der Waals surface area contributed by atoms with Crippen molar-refractivity contribution >= 4 is 16.9 Å². The van der Waals surface area contributed by atoms with E-state index in [0.717, 1.165) is 10.9 Å². The van der Waals surface area contributed by atoms with Gasteiger partial charge in [0.1, 0.15) is 0 Å². The zero-order chi connectivity index (χ0) is 17.8. The van der Waals surface area contributed by atoms with Gasteiger partial charge in [0.05, 0.1) is 12.5 Å². The van der Waals surface area contributed by atoms with Crippen molar-refractivity contribution in [3.8, 4) is 0 Å². The molecular formula is C19H18N2O4. The molecule has 0 aliphatic rings. The van der Waals surface area contributed by atoms with E-state index >= 15 is 0 Å². The van der Waals surface area contributed by atoms with Gasteiger partial charge in [-0.3, -0.25) is 10.1 Å². The average Bonchev–Trinajstić information content (AvgIpc) is 3.04. The standard InChI is InChI=1S/C19H18N2O4/c1-2-25-19(22)18(21(23)24)17(13-8-4-3-5-9-13)15-12-20-16-11-7-6-10-14(15)16/h3-12,17-18,20H,2H2,1H3/t17-,18?/m0/s1. The number of hydrogen-bond donors (Lipinski definition) is 1. The van der Waals surface area contributed by atoms with Crippen LogP contribution in [0.15, 0.2) is 60.8 Å². The van der Waals surface area contributed by atoms with Crippen LogP contribution in [0, 0.1) is 10.1 Å². The molecule has 2 aromatic carbocycles. The molecule has 6 heteroatoms. The average molecular weight is 338 g/mol. The number of benzene rings is 2. The molecule has 25 heavy (non-hydrogen) atoms. The Morgan fingerprint density at radius 1 is 1.16 bits per heavy atom. The van der Waals surface area contributed by atoms with Gasteiger partial charge in [0.2, 0.25) is 0 Å². The monoisotopic (exact) mass is 338 g/mol. The van der Waals surface area contributed by atoms with E-state index in [1.165, 1.54) is 0 Å². The number of fused-ring (bicyclic) bond motifs is 1. The van der Waals surface area contributed by atoms with Crippen LogP contribution in [0.4, 0.5) is 0 Å². The second-order valence-corrected chi connectivity index (χ2v) is 5.66. The van der Waals surface area contributed by atoms with Gasteiger partial charge >= 0.3 is 12.0 Å². The largest absolute Gasteiger partial charge is 0.461 e. The molecule has 0 spiro atoms. The lowest BCUT2D eigenvalue weighted by Crippen LogP contribution is -2.37. The van der Waals surface area contributed by atoms with Crippen LogP contribution < -0.4 is 0 Å². The molecule has 1 unspecified atom stereocenters. The van der Waals surface area contributed by atoms with Crippen LogP contribution in [0.5, 0.6) is 0 Å². The number of carbonyl (C=O) groups is 1. The summed E-state index contributed by atoms with van der Waals surface area (Å²) in [7, 11) is 0. The molecule has 0 fully saturated rings. The maximum Gasteiger partial charge on any atom is 0.382 e. The number of hydrogen-bond acceptors (Lipinski definition) is 4. The van der Waals surface area contributed by atoms with Crippen molar-refractivity contribution in [1.29, 1.82) is 0 Å². The van der Waals surface area contributed by atoms with E-state index in [0.29, 0.717) is 11.1 Å². The highest BCUT2D eigenvalue weighted by atomic mass is 16.6. The first-order valence-electron chi connectivity index (χ1n) is 8.04. The lowest BCUT2D eigenvalue weighted by molar-refractivity contribution is -0.513. The molecular weight excluding hydrogens is 320 g/mol. The highest BCUT2D eigenvalue weighted by molar-refractivity contribution is 5.86. The van der Waals surface area contributed by atoms with E-state index in [9.17, 15) is 14.9 Å². The summed E-state index contributed by atoms with van der Waals surface area (Å²) in [5.41, 5.74) is 2.27. The van der Waals surface area contributed by atoms with Crippen molar-refractivity contribution < 1.29 is 14.5 Å². The Kier molecular flexibility index (Phi) is 4.79. The van der Waals surface area contributed by atoms with Crippen molar-refractivity contribution in [3.63, 3.8) is 0 Å². The maximum atomic E-state index is 12.4. The second-order valence-electron chi connectivity index (χ2n) is 5.66. The fourth-order valence-corrected chi connectivity index (χ4v) is 3.12. The zero-order valence-corrected chi connectivity index (χ0v) is 13.7. The Hall–Kier alpha value is -3.15. The molecule has 128 valence electrons. The highest BCUT2D eigenvalue weighted by Gasteiger charge is 2.43. The molecule has 0 amide bonds. The molecule has 0 aliphatic carbocycles. The number of aromatic amines is 1. The van der Waals surface area contributed by atoms with Gasteiger partial charge in [-0.1, -0.05) is 48.5 Å². The van der Waals surface area contributed by atoms with E-state index < -0.39 is 22.9 Å². The summed E-state index contributed by atoms with van der Waals surface area (Å²) in [6.07, 6.45) is 1.73. The van der Waals surface area contributed by atoms with Crippen molar-refractivity contribution in [2.75, 3.05) is 6.61 Å². The molecule has 2 atom stereocenters. The number of carbonyl (C=O) groups excluding carboxylic acids is 1. The maximum absolute atomic E-state index is 12.4. The van der Waals surface area contributed by atoms with Crippen LogP contribution in [-0.4, -0.2) is 28.5 Å². The fraction of sp³-hybridized carbons (Fsp3) is 0.211. The summed E-state index contributed by atoms with van der Waals surface area (Å²) >= 11 is 0. The third kappa shape index (κ3) is 3.24. The number of H-pyrrole nitrogens is 1. The predicted octanol–water partition coefficient (Wildman–Crippen LogP) is 3.51. The van der Waals surface area contributed by atoms with E-state index in [1.54, 1.807) is 37.4 Å². The van der Waals surface area contributed by atoms with Gasteiger partial charge in [0, 0.05) is 22.0 Å². The highest BCUT2D eigenvalue weighted by Crippen LogP contribution is 2.35. The van der Waals surface area contributed by atoms with Crippen LogP contribution in [0.25, 0.3) is 10.9 Å². The smallest absolute Gasteiger partial charge is 0.382 e. The summed E-state index contributed by atoms with van der Waals surface area (Å²) in [5, 5.41) is 12.6. The van der Waals surface area contributed by atoms with E-state index in [1.807, 2.05) is 30.3 Å². The van der Waals surface area contributed by atoms with Crippen LogP contribution in [-0.2, 0) is 9.53 Å². The number of para-hydroxylation sites is 1. The number of aromatic nitrogens is 1. The third-order valence-electron chi connectivity index (χ3n) is 4.19. The van der Waals surface area contributed by atoms with Gasteiger partial charge in [-0.25, -0.2) is 4.79 Å². The predicted molar refractivity (Wildman–Crippen MR) is 94.0 cm³/mol. The molecule has 1 aromatic heterocycles. The van der Waals surface area contributed by atoms with Crippen LogP contribution in [0.1, 0.15) is 24.0 Å². The lowest BCUT2D eigenvalue weighted by Gasteiger charge is -2.20. The van der Waals surface area contributed by atoms with E-state index in [-0.39, 0.29) is 6.61 Å². The van der Waals surface area contributed by atoms with Gasteiger partial charge in [0.15, 0.2) is 0 Å². The van der Waals surface area contributed by atoms with Gasteiger partial charge in [-0.15, -0.1) is 0 Å². The van der Waals surface area contributed by atoms with E-state index in [4.69, 9.17) is 4.74 Å². The molecule has 3 aromatic rings. The fourth-order valence-electron chi connectivity index (χ4n) is 3.12. The molecule has 0 radical (unpaired) electrons. The minimum absolute atomic E-state index is 0.0958. The number of nitro groups is 1. The first-order chi connectivity index (χ1) is 12.1. The molecule has 0 saturated heterocycles. The molecule has 1 heterocycles. The Morgan fingerprint density at radius 3 is 2.52 bits per heavy atom. The first kappa shape index (κ1) is 16.7. The number of nitrogens with one attached hydrogen (secondary N) is 1.